The molecule has 56 valence electrons. The molecular weight excluding hydrogens is 146 g/mol. The van der Waals surface area contributed by atoms with E-state index in [4.69, 9.17) is 18.0 Å². The van der Waals surface area contributed by atoms with Crippen LogP contribution in [0, 0.1) is 0 Å². The Kier molecular flexibility index (Phi) is 2.21. The highest BCUT2D eigenvalue weighted by Crippen LogP contribution is 2.04. The van der Waals surface area contributed by atoms with Crippen LogP contribution in [0.2, 0.25) is 0 Å². The third-order valence-corrected chi connectivity index (χ3v) is 1.58. The zero-order chi connectivity index (χ0) is 7.56. The monoisotopic (exact) mass is 157 g/mol. The molecular formula is C6H11N3S. The molecule has 0 aromatic carbocycles. The fourth-order valence-electron chi connectivity index (χ4n) is 0.984. The number of nitrogens with two attached hydrogens (primary N) is 1. The lowest BCUT2D eigenvalue weighted by Gasteiger charge is -2.08. The van der Waals surface area contributed by atoms with Gasteiger partial charge in [-0.05, 0) is 0 Å². The highest BCUT2D eigenvalue weighted by molar-refractivity contribution is 7.80. The molecule has 0 fully saturated rings. The fourth-order valence-corrected chi connectivity index (χ4v) is 1.18. The average molecular weight is 157 g/mol. The third-order valence-electron chi connectivity index (χ3n) is 1.41. The predicted molar refractivity (Wildman–Crippen MR) is 46.3 cm³/mol. The zero-order valence-corrected chi connectivity index (χ0v) is 6.77. The largest absolute Gasteiger partial charge is 0.393 e. The van der Waals surface area contributed by atoms with Crippen LogP contribution in [0.25, 0.3) is 0 Å². The Balaban J connectivity index is 2.33. The number of thiocarbonyl (C=S) groups is 1. The van der Waals surface area contributed by atoms with Crippen molar-refractivity contribution < 1.29 is 0 Å². The van der Waals surface area contributed by atoms with Crippen LogP contribution in [-0.2, 0) is 0 Å². The maximum atomic E-state index is 5.36. The first-order valence-corrected chi connectivity index (χ1v) is 3.61. The minimum Gasteiger partial charge on any atom is -0.393 e. The lowest BCUT2D eigenvalue weighted by molar-refractivity contribution is 0.512. The molecule has 0 bridgehead atoms. The smallest absolute Gasteiger partial charge is 0.0852 e. The summed E-state index contributed by atoms with van der Waals surface area (Å²) in [5.74, 6) is 0. The van der Waals surface area contributed by atoms with Crippen molar-refractivity contribution in [2.75, 3.05) is 13.6 Å². The standard InChI is InChI=1S/C6H11N3S/c1-9-3-5(8-4-9)2-6(7)10/h4-5H,2-3H2,1H3,(H2,7,10). The Hall–Kier alpha value is -0.640. The summed E-state index contributed by atoms with van der Waals surface area (Å²) < 4.78 is 0. The van der Waals surface area contributed by atoms with Gasteiger partial charge in [0.25, 0.3) is 0 Å². The van der Waals surface area contributed by atoms with Crippen molar-refractivity contribution >= 4 is 23.5 Å². The minimum atomic E-state index is 0.294. The molecule has 0 radical (unpaired) electrons. The third kappa shape index (κ3) is 1.95. The summed E-state index contributed by atoms with van der Waals surface area (Å²) in [7, 11) is 1.99. The van der Waals surface area contributed by atoms with Crippen molar-refractivity contribution in [3.8, 4) is 0 Å². The van der Waals surface area contributed by atoms with Gasteiger partial charge in [-0.3, -0.25) is 4.99 Å². The van der Waals surface area contributed by atoms with Crippen LogP contribution in [0.5, 0.6) is 0 Å². The Morgan fingerprint density at radius 1 is 2.00 bits per heavy atom. The summed E-state index contributed by atoms with van der Waals surface area (Å²) in [5, 5.41) is 0. The van der Waals surface area contributed by atoms with Gasteiger partial charge in [0.05, 0.1) is 17.4 Å². The molecule has 0 aromatic heterocycles. The van der Waals surface area contributed by atoms with E-state index >= 15 is 0 Å². The van der Waals surface area contributed by atoms with Crippen molar-refractivity contribution in [2.45, 2.75) is 12.5 Å². The van der Waals surface area contributed by atoms with Crippen LogP contribution >= 0.6 is 12.2 Å². The van der Waals surface area contributed by atoms with Crippen LogP contribution in [0.3, 0.4) is 0 Å². The molecule has 2 N–H and O–H groups in total. The van der Waals surface area contributed by atoms with E-state index in [-0.39, 0.29) is 0 Å². The Bertz CT molecular complexity index is 166. The second-order valence-electron chi connectivity index (χ2n) is 2.53. The molecule has 0 saturated heterocycles. The molecule has 1 atom stereocenters. The van der Waals surface area contributed by atoms with Gasteiger partial charge < -0.3 is 10.6 Å². The van der Waals surface area contributed by atoms with E-state index in [2.05, 4.69) is 4.99 Å². The Morgan fingerprint density at radius 3 is 3.10 bits per heavy atom. The Morgan fingerprint density at radius 2 is 2.70 bits per heavy atom. The minimum absolute atomic E-state index is 0.294. The van der Waals surface area contributed by atoms with Crippen molar-refractivity contribution in [3.63, 3.8) is 0 Å². The van der Waals surface area contributed by atoms with Crippen LogP contribution in [0.4, 0.5) is 0 Å². The van der Waals surface area contributed by atoms with Crippen molar-refractivity contribution in [3.05, 3.63) is 0 Å². The van der Waals surface area contributed by atoms with Gasteiger partial charge in [-0.25, -0.2) is 0 Å². The van der Waals surface area contributed by atoms with E-state index in [1.165, 1.54) is 0 Å². The molecule has 0 saturated carbocycles. The molecule has 3 nitrogen and oxygen atoms in total. The van der Waals surface area contributed by atoms with Gasteiger partial charge in [0.15, 0.2) is 0 Å². The average Bonchev–Trinajstić information content (AvgIpc) is 2.13. The summed E-state index contributed by atoms with van der Waals surface area (Å²) >= 11 is 4.76. The molecule has 10 heavy (non-hydrogen) atoms. The van der Waals surface area contributed by atoms with Crippen LogP contribution in [0.1, 0.15) is 6.42 Å². The van der Waals surface area contributed by atoms with Crippen LogP contribution in [-0.4, -0.2) is 35.9 Å². The quantitative estimate of drug-likeness (QED) is 0.574. The van der Waals surface area contributed by atoms with Crippen molar-refractivity contribution in [1.82, 2.24) is 4.90 Å². The molecule has 1 rings (SSSR count). The molecule has 4 heteroatoms. The first kappa shape index (κ1) is 7.47. The topological polar surface area (TPSA) is 41.6 Å². The number of likely N-dealkylation sites (N-methyl/N-ethyl adjacent to an activating group) is 1. The summed E-state index contributed by atoms with van der Waals surface area (Å²) in [5.41, 5.74) is 5.36. The zero-order valence-electron chi connectivity index (χ0n) is 5.95. The van der Waals surface area contributed by atoms with Gasteiger partial charge in [0.2, 0.25) is 0 Å². The van der Waals surface area contributed by atoms with Crippen molar-refractivity contribution in [1.29, 1.82) is 0 Å². The number of rotatable bonds is 2. The Labute approximate surface area is 65.9 Å². The van der Waals surface area contributed by atoms with Gasteiger partial charge >= 0.3 is 0 Å². The summed E-state index contributed by atoms with van der Waals surface area (Å²) in [6.45, 7) is 0.942. The number of hydrogen-bond donors (Lipinski definition) is 1. The molecule has 0 aliphatic carbocycles. The van der Waals surface area contributed by atoms with Gasteiger partial charge in [-0.15, -0.1) is 0 Å². The number of nitrogens with zero attached hydrogens (tertiary/aromatic N) is 2. The summed E-state index contributed by atoms with van der Waals surface area (Å²) in [6, 6.07) is 0.294. The maximum Gasteiger partial charge on any atom is 0.0852 e. The highest BCUT2D eigenvalue weighted by Gasteiger charge is 2.14. The van der Waals surface area contributed by atoms with Gasteiger partial charge in [-0.1, -0.05) is 12.2 Å². The second-order valence-corrected chi connectivity index (χ2v) is 3.05. The summed E-state index contributed by atoms with van der Waals surface area (Å²) in [6.07, 6.45) is 2.55. The second kappa shape index (κ2) is 2.96. The predicted octanol–water partition coefficient (Wildman–Crippen LogP) is 0.00490. The van der Waals surface area contributed by atoms with Gasteiger partial charge in [0, 0.05) is 20.0 Å². The SMILES string of the molecule is CN1C=NC(CC(N)=S)C1. The fraction of sp³-hybridized carbons (Fsp3) is 0.667. The molecule has 0 spiro atoms. The molecule has 1 unspecified atom stereocenters. The summed E-state index contributed by atoms with van der Waals surface area (Å²) in [4.78, 5) is 6.77. The molecule has 0 aromatic rings. The van der Waals surface area contributed by atoms with Gasteiger partial charge in [-0.2, -0.15) is 0 Å². The van der Waals surface area contributed by atoms with E-state index < -0.39 is 0 Å². The van der Waals surface area contributed by atoms with E-state index in [0.717, 1.165) is 13.0 Å². The lowest BCUT2D eigenvalue weighted by Crippen LogP contribution is -2.23. The van der Waals surface area contributed by atoms with E-state index in [1.54, 1.807) is 0 Å². The maximum absolute atomic E-state index is 5.36. The first-order valence-electron chi connectivity index (χ1n) is 3.20. The first-order chi connectivity index (χ1) is 4.68. The van der Waals surface area contributed by atoms with Gasteiger partial charge in [0.1, 0.15) is 0 Å². The highest BCUT2D eigenvalue weighted by atomic mass is 32.1. The van der Waals surface area contributed by atoms with E-state index in [0.29, 0.717) is 11.0 Å². The molecule has 1 heterocycles. The molecule has 0 amide bonds. The van der Waals surface area contributed by atoms with Crippen LogP contribution in [0.15, 0.2) is 4.99 Å². The lowest BCUT2D eigenvalue weighted by atomic mass is 10.2. The van der Waals surface area contributed by atoms with Crippen molar-refractivity contribution in [2.24, 2.45) is 10.7 Å². The number of hydrogen-bond acceptors (Lipinski definition) is 3. The normalized spacial score (nSPS) is 23.7. The number of aliphatic imine (C=N–C) groups is 1. The van der Waals surface area contributed by atoms with Crippen LogP contribution < -0.4 is 5.73 Å². The van der Waals surface area contributed by atoms with E-state index in [9.17, 15) is 0 Å². The molecule has 1 aliphatic heterocycles. The molecule has 1 aliphatic rings. The van der Waals surface area contributed by atoms with E-state index in [1.807, 2.05) is 18.3 Å².